The molecule has 0 radical (unpaired) electrons. The molecule has 1 atom stereocenters. The van der Waals surface area contributed by atoms with Gasteiger partial charge in [-0.05, 0) is 36.6 Å². The predicted molar refractivity (Wildman–Crippen MR) is 82.7 cm³/mol. The molecule has 108 valence electrons. The highest BCUT2D eigenvalue weighted by molar-refractivity contribution is 7.07. The van der Waals surface area contributed by atoms with E-state index in [9.17, 15) is 4.39 Å². The molecule has 2 nitrogen and oxygen atoms in total. The molecule has 20 heavy (non-hydrogen) atoms. The van der Waals surface area contributed by atoms with Crippen LogP contribution >= 0.6 is 11.3 Å². The van der Waals surface area contributed by atoms with Crippen molar-refractivity contribution < 1.29 is 4.39 Å². The van der Waals surface area contributed by atoms with E-state index in [0.29, 0.717) is 5.92 Å². The third-order valence-electron chi connectivity index (χ3n) is 3.20. The number of nitrogens with zero attached hydrogens (tertiary/aromatic N) is 1. The van der Waals surface area contributed by atoms with Crippen molar-refractivity contribution >= 4 is 11.3 Å². The second kappa shape index (κ2) is 7.50. The average molecular weight is 292 g/mol. The minimum absolute atomic E-state index is 0.172. The summed E-state index contributed by atoms with van der Waals surface area (Å²) >= 11 is 1.60. The Bertz CT molecular complexity index is 511. The van der Waals surface area contributed by atoms with Gasteiger partial charge in [0.25, 0.3) is 0 Å². The zero-order chi connectivity index (χ0) is 14.4. The molecule has 0 bridgehead atoms. The number of benzene rings is 1. The Kier molecular flexibility index (Phi) is 5.68. The fraction of sp³-hybridized carbons (Fsp3) is 0.438. The first-order chi connectivity index (χ1) is 9.65. The zero-order valence-electron chi connectivity index (χ0n) is 12.0. The second-order valence-electron chi connectivity index (χ2n) is 5.49. The summed E-state index contributed by atoms with van der Waals surface area (Å²) in [7, 11) is 0. The van der Waals surface area contributed by atoms with Crippen LogP contribution in [0.2, 0.25) is 0 Å². The Labute approximate surface area is 124 Å². The second-order valence-corrected chi connectivity index (χ2v) is 6.21. The van der Waals surface area contributed by atoms with Gasteiger partial charge < -0.3 is 5.32 Å². The molecule has 2 rings (SSSR count). The molecule has 0 fully saturated rings. The Balaban J connectivity index is 2.06. The van der Waals surface area contributed by atoms with Gasteiger partial charge in [0.1, 0.15) is 5.82 Å². The van der Waals surface area contributed by atoms with Crippen LogP contribution in [0.3, 0.4) is 0 Å². The summed E-state index contributed by atoms with van der Waals surface area (Å²) in [5.41, 5.74) is 3.96. The van der Waals surface area contributed by atoms with Crippen molar-refractivity contribution in [2.24, 2.45) is 5.92 Å². The Morgan fingerprint density at radius 3 is 2.80 bits per heavy atom. The molecule has 4 heteroatoms. The maximum Gasteiger partial charge on any atom is 0.123 e. The van der Waals surface area contributed by atoms with Crippen LogP contribution in [0, 0.1) is 11.7 Å². The fourth-order valence-electron chi connectivity index (χ4n) is 2.21. The summed E-state index contributed by atoms with van der Waals surface area (Å²) < 4.78 is 13.4. The van der Waals surface area contributed by atoms with Crippen LogP contribution in [0.15, 0.2) is 35.2 Å². The standard InChI is InChI=1S/C16H21FN2S/c1-12(2)8-18-9-14(7-16-10-20-11-19-16)13-4-3-5-15(17)6-13/h3-6,10-12,14,18H,7-9H2,1-2H3. The van der Waals surface area contributed by atoms with E-state index in [4.69, 9.17) is 0 Å². The van der Waals surface area contributed by atoms with Crippen molar-refractivity contribution in [3.63, 3.8) is 0 Å². The van der Waals surface area contributed by atoms with E-state index in [1.807, 2.05) is 11.6 Å². The first-order valence-corrected chi connectivity index (χ1v) is 7.92. The molecule has 0 spiro atoms. The van der Waals surface area contributed by atoms with Crippen LogP contribution < -0.4 is 5.32 Å². The largest absolute Gasteiger partial charge is 0.316 e. The molecular weight excluding hydrogens is 271 g/mol. The van der Waals surface area contributed by atoms with E-state index in [-0.39, 0.29) is 11.7 Å². The van der Waals surface area contributed by atoms with E-state index in [1.54, 1.807) is 23.5 Å². The lowest BCUT2D eigenvalue weighted by atomic mass is 9.94. The highest BCUT2D eigenvalue weighted by Gasteiger charge is 2.14. The van der Waals surface area contributed by atoms with E-state index in [1.165, 1.54) is 6.07 Å². The molecule has 0 saturated heterocycles. The highest BCUT2D eigenvalue weighted by atomic mass is 32.1. The third-order valence-corrected chi connectivity index (χ3v) is 3.84. The molecule has 0 amide bonds. The van der Waals surface area contributed by atoms with Gasteiger partial charge in [-0.3, -0.25) is 0 Å². The number of halogens is 1. The van der Waals surface area contributed by atoms with Crippen molar-refractivity contribution in [2.45, 2.75) is 26.2 Å². The van der Waals surface area contributed by atoms with Crippen LogP contribution in [0.25, 0.3) is 0 Å². The molecule has 0 aliphatic heterocycles. The van der Waals surface area contributed by atoms with E-state index in [2.05, 4.69) is 29.5 Å². The lowest BCUT2D eigenvalue weighted by Gasteiger charge is -2.18. The van der Waals surface area contributed by atoms with Gasteiger partial charge in [-0.25, -0.2) is 9.37 Å². The molecule has 0 aliphatic rings. The van der Waals surface area contributed by atoms with Crippen molar-refractivity contribution in [3.05, 3.63) is 52.2 Å². The van der Waals surface area contributed by atoms with E-state index < -0.39 is 0 Å². The highest BCUT2D eigenvalue weighted by Crippen LogP contribution is 2.21. The maximum atomic E-state index is 13.4. The summed E-state index contributed by atoms with van der Waals surface area (Å²) in [6.45, 7) is 6.19. The van der Waals surface area contributed by atoms with Gasteiger partial charge in [0, 0.05) is 17.8 Å². The van der Waals surface area contributed by atoms with Crippen LogP contribution in [-0.2, 0) is 6.42 Å². The molecule has 0 aliphatic carbocycles. The van der Waals surface area contributed by atoms with Crippen LogP contribution in [0.1, 0.15) is 31.0 Å². The van der Waals surface area contributed by atoms with Gasteiger partial charge in [0.15, 0.2) is 0 Å². The minimum atomic E-state index is -0.172. The quantitative estimate of drug-likeness (QED) is 0.838. The maximum absolute atomic E-state index is 13.4. The van der Waals surface area contributed by atoms with Crippen molar-refractivity contribution in [1.82, 2.24) is 10.3 Å². The first-order valence-electron chi connectivity index (χ1n) is 6.98. The van der Waals surface area contributed by atoms with Gasteiger partial charge in [0.05, 0.1) is 11.2 Å². The van der Waals surface area contributed by atoms with Gasteiger partial charge in [-0.1, -0.05) is 26.0 Å². The number of hydrogen-bond donors (Lipinski definition) is 1. The fourth-order valence-corrected chi connectivity index (χ4v) is 2.78. The van der Waals surface area contributed by atoms with Crippen LogP contribution in [-0.4, -0.2) is 18.1 Å². The summed E-state index contributed by atoms with van der Waals surface area (Å²) in [4.78, 5) is 4.34. The lowest BCUT2D eigenvalue weighted by Crippen LogP contribution is -2.26. The first kappa shape index (κ1) is 15.1. The molecule has 1 N–H and O–H groups in total. The van der Waals surface area contributed by atoms with Crippen molar-refractivity contribution in [3.8, 4) is 0 Å². The van der Waals surface area contributed by atoms with Gasteiger partial charge >= 0.3 is 0 Å². The summed E-state index contributed by atoms with van der Waals surface area (Å²) in [6.07, 6.45) is 0.845. The number of nitrogens with one attached hydrogen (secondary N) is 1. The molecule has 1 heterocycles. The Morgan fingerprint density at radius 1 is 1.30 bits per heavy atom. The van der Waals surface area contributed by atoms with Gasteiger partial charge in [-0.2, -0.15) is 0 Å². The number of hydrogen-bond acceptors (Lipinski definition) is 3. The van der Waals surface area contributed by atoms with Crippen LogP contribution in [0.5, 0.6) is 0 Å². The molecule has 1 aromatic carbocycles. The topological polar surface area (TPSA) is 24.9 Å². The molecule has 1 unspecified atom stereocenters. The van der Waals surface area contributed by atoms with Crippen LogP contribution in [0.4, 0.5) is 4.39 Å². The predicted octanol–water partition coefficient (Wildman–Crippen LogP) is 3.85. The summed E-state index contributed by atoms with van der Waals surface area (Å²) in [5.74, 6) is 0.698. The molecule has 0 saturated carbocycles. The summed E-state index contributed by atoms with van der Waals surface area (Å²) in [5, 5.41) is 5.53. The lowest BCUT2D eigenvalue weighted by molar-refractivity contribution is 0.510. The normalized spacial score (nSPS) is 12.8. The Hall–Kier alpha value is -1.26. The van der Waals surface area contributed by atoms with Crippen molar-refractivity contribution in [2.75, 3.05) is 13.1 Å². The molecule has 1 aromatic heterocycles. The third kappa shape index (κ3) is 4.69. The Morgan fingerprint density at radius 2 is 2.15 bits per heavy atom. The van der Waals surface area contributed by atoms with E-state index in [0.717, 1.165) is 30.8 Å². The molecule has 2 aromatic rings. The van der Waals surface area contributed by atoms with E-state index >= 15 is 0 Å². The number of thiazole rings is 1. The SMILES string of the molecule is CC(C)CNCC(Cc1cscn1)c1cccc(F)c1. The number of aromatic nitrogens is 1. The number of rotatable bonds is 7. The molecular formula is C16H21FN2S. The van der Waals surface area contributed by atoms with Gasteiger partial charge in [-0.15, -0.1) is 11.3 Å². The average Bonchev–Trinajstić information content (AvgIpc) is 2.90. The van der Waals surface area contributed by atoms with Crippen molar-refractivity contribution in [1.29, 1.82) is 0 Å². The monoisotopic (exact) mass is 292 g/mol. The summed E-state index contributed by atoms with van der Waals surface area (Å²) in [6, 6.07) is 6.90. The van der Waals surface area contributed by atoms with Gasteiger partial charge in [0.2, 0.25) is 0 Å². The zero-order valence-corrected chi connectivity index (χ0v) is 12.8. The smallest absolute Gasteiger partial charge is 0.123 e. The minimum Gasteiger partial charge on any atom is -0.316 e.